The van der Waals surface area contributed by atoms with Crippen LogP contribution in [0.2, 0.25) is 0 Å². The summed E-state index contributed by atoms with van der Waals surface area (Å²) in [6, 6.07) is 14.3. The van der Waals surface area contributed by atoms with Gasteiger partial charge in [0.2, 0.25) is 0 Å². The molecule has 1 unspecified atom stereocenters. The first-order chi connectivity index (χ1) is 14.5. The van der Waals surface area contributed by atoms with Gasteiger partial charge in [0, 0.05) is 16.7 Å². The Hall–Kier alpha value is -3.87. The number of aryl methyl sites for hydroxylation is 1. The molecule has 0 saturated heterocycles. The fourth-order valence-corrected chi connectivity index (χ4v) is 4.00. The summed E-state index contributed by atoms with van der Waals surface area (Å²) < 4.78 is 20.3. The van der Waals surface area contributed by atoms with Crippen LogP contribution in [0.25, 0.3) is 11.3 Å². The third-order valence-corrected chi connectivity index (χ3v) is 5.38. The van der Waals surface area contributed by atoms with Crippen molar-refractivity contribution in [3.8, 4) is 17.0 Å². The Morgan fingerprint density at radius 1 is 1.20 bits per heavy atom. The zero-order valence-electron chi connectivity index (χ0n) is 16.1. The molecule has 1 amide bonds. The Kier molecular flexibility index (Phi) is 4.17. The lowest BCUT2D eigenvalue weighted by Crippen LogP contribution is -2.29. The second kappa shape index (κ2) is 6.88. The van der Waals surface area contributed by atoms with Crippen LogP contribution in [-0.2, 0) is 6.54 Å². The third-order valence-electron chi connectivity index (χ3n) is 5.38. The number of furan rings is 1. The van der Waals surface area contributed by atoms with Crippen LogP contribution in [0.1, 0.15) is 39.0 Å². The van der Waals surface area contributed by atoms with E-state index < -0.39 is 11.9 Å². The number of halogens is 1. The molecule has 5 rings (SSSR count). The van der Waals surface area contributed by atoms with E-state index in [0.29, 0.717) is 28.1 Å². The predicted molar refractivity (Wildman–Crippen MR) is 107 cm³/mol. The summed E-state index contributed by atoms with van der Waals surface area (Å²) in [7, 11) is 0. The standard InChI is InChI=1S/C23H18FN3O3/c1-13-8-9-18(28)16(11-13)20-19-21(26-25-20)23(29)27(12-14-5-4-10-30-14)22(19)15-6-2-3-7-17(15)24/h2-11,22,28H,12H2,1H3,(H,25,26). The second-order valence-electron chi connectivity index (χ2n) is 7.32. The maximum absolute atomic E-state index is 14.9. The lowest BCUT2D eigenvalue weighted by atomic mass is 9.94. The minimum Gasteiger partial charge on any atom is -0.507 e. The Labute approximate surface area is 171 Å². The van der Waals surface area contributed by atoms with Crippen LogP contribution in [0.15, 0.2) is 65.3 Å². The van der Waals surface area contributed by atoms with Crippen molar-refractivity contribution in [2.75, 3.05) is 0 Å². The molecule has 0 bridgehead atoms. The lowest BCUT2D eigenvalue weighted by Gasteiger charge is -2.26. The van der Waals surface area contributed by atoms with Crippen LogP contribution < -0.4 is 0 Å². The lowest BCUT2D eigenvalue weighted by molar-refractivity contribution is 0.0715. The molecular formula is C23H18FN3O3. The highest BCUT2D eigenvalue weighted by Crippen LogP contribution is 2.45. The first-order valence-electron chi connectivity index (χ1n) is 9.50. The number of phenols is 1. The number of hydrogen-bond donors (Lipinski definition) is 2. The van der Waals surface area contributed by atoms with Crippen molar-refractivity contribution in [3.63, 3.8) is 0 Å². The zero-order valence-corrected chi connectivity index (χ0v) is 16.1. The van der Waals surface area contributed by atoms with Crippen LogP contribution in [0, 0.1) is 12.7 Å². The Bertz CT molecular complexity index is 1250. The molecule has 0 aliphatic carbocycles. The zero-order chi connectivity index (χ0) is 20.8. The molecule has 150 valence electrons. The van der Waals surface area contributed by atoms with Crippen molar-refractivity contribution in [1.29, 1.82) is 0 Å². The van der Waals surface area contributed by atoms with Crippen molar-refractivity contribution >= 4 is 5.91 Å². The van der Waals surface area contributed by atoms with Gasteiger partial charge in [-0.25, -0.2) is 4.39 Å². The first kappa shape index (κ1) is 18.2. The van der Waals surface area contributed by atoms with Gasteiger partial charge in [-0.2, -0.15) is 5.10 Å². The van der Waals surface area contributed by atoms with Crippen molar-refractivity contribution < 1.29 is 18.7 Å². The quantitative estimate of drug-likeness (QED) is 0.523. The molecule has 30 heavy (non-hydrogen) atoms. The number of aromatic nitrogens is 2. The summed E-state index contributed by atoms with van der Waals surface area (Å²) in [5.74, 6) is -0.101. The Balaban J connectivity index is 1.71. The Morgan fingerprint density at radius 2 is 2.03 bits per heavy atom. The molecule has 2 aromatic heterocycles. The maximum Gasteiger partial charge on any atom is 0.273 e. The molecule has 1 aliphatic rings. The fraction of sp³-hybridized carbons (Fsp3) is 0.130. The highest BCUT2D eigenvalue weighted by Gasteiger charge is 2.43. The van der Waals surface area contributed by atoms with Gasteiger partial charge >= 0.3 is 0 Å². The topological polar surface area (TPSA) is 82.4 Å². The highest BCUT2D eigenvalue weighted by molar-refractivity contribution is 6.00. The number of fused-ring (bicyclic) bond motifs is 1. The molecule has 2 aromatic carbocycles. The van der Waals surface area contributed by atoms with Crippen LogP contribution in [0.3, 0.4) is 0 Å². The van der Waals surface area contributed by atoms with Gasteiger partial charge in [0.1, 0.15) is 28.7 Å². The number of phenolic OH excluding ortho intramolecular Hbond substituents is 1. The number of nitrogens with one attached hydrogen (secondary N) is 1. The molecule has 2 N–H and O–H groups in total. The van der Waals surface area contributed by atoms with Gasteiger partial charge in [0.15, 0.2) is 0 Å². The molecule has 6 nitrogen and oxygen atoms in total. The molecular weight excluding hydrogens is 385 g/mol. The normalized spacial score (nSPS) is 15.6. The number of nitrogens with zero attached hydrogens (tertiary/aromatic N) is 2. The molecule has 7 heteroatoms. The number of amides is 1. The van der Waals surface area contributed by atoms with E-state index in [4.69, 9.17) is 4.42 Å². The molecule has 0 saturated carbocycles. The van der Waals surface area contributed by atoms with Gasteiger partial charge < -0.3 is 14.4 Å². The average Bonchev–Trinajstić information content (AvgIpc) is 3.45. The number of aromatic amines is 1. The monoisotopic (exact) mass is 403 g/mol. The maximum atomic E-state index is 14.9. The van der Waals surface area contributed by atoms with E-state index in [1.165, 1.54) is 12.3 Å². The molecule has 0 radical (unpaired) electrons. The van der Waals surface area contributed by atoms with Gasteiger partial charge in [-0.3, -0.25) is 9.89 Å². The van der Waals surface area contributed by atoms with Crippen LogP contribution in [-0.4, -0.2) is 26.1 Å². The van der Waals surface area contributed by atoms with E-state index in [-0.39, 0.29) is 23.9 Å². The average molecular weight is 403 g/mol. The number of rotatable bonds is 4. The summed E-state index contributed by atoms with van der Waals surface area (Å²) in [6.45, 7) is 2.07. The number of carbonyl (C=O) groups excluding carboxylic acids is 1. The summed E-state index contributed by atoms with van der Waals surface area (Å²) in [4.78, 5) is 14.8. The van der Waals surface area contributed by atoms with Crippen LogP contribution in [0.4, 0.5) is 4.39 Å². The molecule has 0 spiro atoms. The first-order valence-corrected chi connectivity index (χ1v) is 9.50. The van der Waals surface area contributed by atoms with E-state index in [2.05, 4.69) is 10.2 Å². The van der Waals surface area contributed by atoms with Crippen molar-refractivity contribution in [2.24, 2.45) is 0 Å². The molecule has 1 atom stereocenters. The predicted octanol–water partition coefficient (Wildman–Crippen LogP) is 4.57. The van der Waals surface area contributed by atoms with E-state index in [9.17, 15) is 14.3 Å². The fourth-order valence-electron chi connectivity index (χ4n) is 4.00. The molecule has 3 heterocycles. The minimum atomic E-state index is -0.715. The van der Waals surface area contributed by atoms with E-state index in [1.54, 1.807) is 53.4 Å². The van der Waals surface area contributed by atoms with Gasteiger partial charge in [0.05, 0.1) is 18.8 Å². The van der Waals surface area contributed by atoms with Crippen LogP contribution >= 0.6 is 0 Å². The van der Waals surface area contributed by atoms with Gasteiger partial charge in [-0.05, 0) is 37.3 Å². The summed E-state index contributed by atoms with van der Waals surface area (Å²) in [5.41, 5.74) is 3.02. The number of hydrogen-bond acceptors (Lipinski definition) is 4. The third kappa shape index (κ3) is 2.78. The molecule has 1 aliphatic heterocycles. The van der Waals surface area contributed by atoms with Crippen LogP contribution in [0.5, 0.6) is 5.75 Å². The number of carbonyl (C=O) groups is 1. The summed E-state index contributed by atoms with van der Waals surface area (Å²) in [5, 5.41) is 17.6. The second-order valence-corrected chi connectivity index (χ2v) is 7.32. The highest BCUT2D eigenvalue weighted by atomic mass is 19.1. The minimum absolute atomic E-state index is 0.0408. The van der Waals surface area contributed by atoms with Crippen molar-refractivity contribution in [3.05, 3.63) is 94.8 Å². The summed E-state index contributed by atoms with van der Waals surface area (Å²) >= 11 is 0. The van der Waals surface area contributed by atoms with E-state index in [1.807, 2.05) is 6.92 Å². The van der Waals surface area contributed by atoms with E-state index >= 15 is 0 Å². The smallest absolute Gasteiger partial charge is 0.273 e. The number of benzene rings is 2. The van der Waals surface area contributed by atoms with Crippen molar-refractivity contribution in [2.45, 2.75) is 19.5 Å². The van der Waals surface area contributed by atoms with Gasteiger partial charge in [-0.15, -0.1) is 0 Å². The van der Waals surface area contributed by atoms with Crippen molar-refractivity contribution in [1.82, 2.24) is 15.1 Å². The number of aromatic hydroxyl groups is 1. The molecule has 0 fully saturated rings. The Morgan fingerprint density at radius 3 is 2.80 bits per heavy atom. The number of H-pyrrole nitrogens is 1. The molecule has 4 aromatic rings. The SMILES string of the molecule is Cc1ccc(O)c(-c2n[nH]c3c2C(c2ccccc2F)N(Cc2ccco2)C3=O)c1. The largest absolute Gasteiger partial charge is 0.507 e. The van der Waals surface area contributed by atoms with Gasteiger partial charge in [-0.1, -0.05) is 29.8 Å². The summed E-state index contributed by atoms with van der Waals surface area (Å²) in [6.07, 6.45) is 1.53. The van der Waals surface area contributed by atoms with Gasteiger partial charge in [0.25, 0.3) is 5.91 Å². The van der Waals surface area contributed by atoms with E-state index in [0.717, 1.165) is 5.56 Å².